The summed E-state index contributed by atoms with van der Waals surface area (Å²) in [4.78, 5) is 42.6. The fraction of sp³-hybridized carbons (Fsp3) is 0.292. The maximum atomic E-state index is 13.5. The number of hydrogen-bond donors (Lipinski definition) is 0. The van der Waals surface area contributed by atoms with E-state index in [9.17, 15) is 9.59 Å². The van der Waals surface area contributed by atoms with Gasteiger partial charge in [-0.05, 0) is 139 Å². The van der Waals surface area contributed by atoms with Crippen LogP contribution in [0.3, 0.4) is 0 Å². The molecule has 0 atom stereocenters. The van der Waals surface area contributed by atoms with Gasteiger partial charge in [0, 0.05) is 22.8 Å². The minimum absolute atomic E-state index is 0.0693. The standard InChI is InChI=1S/2C24H23N7O/c1-17-23(21(32)16-29-13-3-2-4-14-29)24-20(9-10-22(28-24)31-26-11-12-27-31)30(17)19-7-5-18(15-25)6-8-19;1-17-23(21(32)16-29-12-3-2-4-13-29)24-20(9-10-22(27-24)30-14-11-26-28-30)31(17)19-7-5-18(15-25)6-8-19/h5-12H,2-4,13-14,16H2,1H3;5-11,14H,2-4,12-13,16H2,1H3. The number of Topliss-reactive ketones (excluding diaryl/α,β-unsaturated/α-hetero) is 2. The number of carbonyl (C=O) groups excluding carboxylic acids is 2. The Morgan fingerprint density at radius 3 is 1.47 bits per heavy atom. The van der Waals surface area contributed by atoms with Crippen LogP contribution in [0, 0.1) is 36.5 Å². The molecule has 2 aromatic carbocycles. The Bertz CT molecular complexity index is 2820. The van der Waals surface area contributed by atoms with E-state index in [4.69, 9.17) is 20.5 Å². The third-order valence-electron chi connectivity index (χ3n) is 12.0. The number of pyridine rings is 2. The average molecular weight is 851 g/mol. The van der Waals surface area contributed by atoms with Crippen LogP contribution in [0.25, 0.3) is 45.1 Å². The lowest BCUT2D eigenvalue weighted by Gasteiger charge is -2.25. The quantitative estimate of drug-likeness (QED) is 0.130. The van der Waals surface area contributed by atoms with Crippen molar-refractivity contribution < 1.29 is 9.59 Å². The molecule has 0 radical (unpaired) electrons. The first kappa shape index (κ1) is 41.7. The molecule has 2 saturated heterocycles. The number of ketones is 2. The number of aromatic nitrogens is 10. The molecule has 0 spiro atoms. The monoisotopic (exact) mass is 850 g/mol. The zero-order valence-electron chi connectivity index (χ0n) is 35.8. The number of rotatable bonds is 10. The van der Waals surface area contributed by atoms with Crippen molar-refractivity contribution >= 4 is 33.6 Å². The smallest absolute Gasteiger partial charge is 0.180 e. The molecule has 320 valence electrons. The van der Waals surface area contributed by atoms with E-state index in [1.807, 2.05) is 71.5 Å². The summed E-state index contributed by atoms with van der Waals surface area (Å²) in [6.07, 6.45) is 13.5. The summed E-state index contributed by atoms with van der Waals surface area (Å²) in [6, 6.07) is 26.7. The first-order valence-electron chi connectivity index (χ1n) is 21.6. The summed E-state index contributed by atoms with van der Waals surface area (Å²) >= 11 is 0. The number of piperidine rings is 2. The molecule has 0 unspecified atom stereocenters. The summed E-state index contributed by atoms with van der Waals surface area (Å²) < 4.78 is 5.66. The molecule has 16 heteroatoms. The van der Waals surface area contributed by atoms with Crippen molar-refractivity contribution in [1.29, 1.82) is 10.5 Å². The third-order valence-corrected chi connectivity index (χ3v) is 12.0. The molecular formula is C48H46N14O2. The van der Waals surface area contributed by atoms with Crippen LogP contribution in [0.4, 0.5) is 0 Å². The highest BCUT2D eigenvalue weighted by Crippen LogP contribution is 2.32. The molecule has 8 heterocycles. The van der Waals surface area contributed by atoms with Gasteiger partial charge in [-0.2, -0.15) is 20.7 Å². The Kier molecular flexibility index (Phi) is 12.0. The van der Waals surface area contributed by atoms with Crippen LogP contribution in [-0.4, -0.2) is 110 Å². The Labute approximate surface area is 369 Å². The minimum atomic E-state index is 0.0693. The molecule has 0 bridgehead atoms. The van der Waals surface area contributed by atoms with E-state index >= 15 is 0 Å². The maximum absolute atomic E-state index is 13.5. The van der Waals surface area contributed by atoms with Gasteiger partial charge in [-0.15, -0.1) is 9.90 Å². The molecule has 0 aliphatic carbocycles. The zero-order chi connectivity index (χ0) is 44.2. The molecule has 0 amide bonds. The minimum Gasteiger partial charge on any atom is -0.312 e. The van der Waals surface area contributed by atoms with Crippen molar-refractivity contribution in [3.05, 3.63) is 131 Å². The highest BCUT2D eigenvalue weighted by Gasteiger charge is 2.27. The predicted molar refractivity (Wildman–Crippen MR) is 240 cm³/mol. The van der Waals surface area contributed by atoms with Gasteiger partial charge in [-0.25, -0.2) is 14.6 Å². The highest BCUT2D eigenvalue weighted by atomic mass is 16.1. The van der Waals surface area contributed by atoms with E-state index in [0.717, 1.165) is 85.7 Å². The van der Waals surface area contributed by atoms with Crippen LogP contribution in [0.2, 0.25) is 0 Å². The number of nitriles is 2. The number of nitrogens with zero attached hydrogens (tertiary/aromatic N) is 14. The van der Waals surface area contributed by atoms with Crippen LogP contribution in [0.5, 0.6) is 0 Å². The second-order valence-electron chi connectivity index (χ2n) is 16.2. The molecule has 6 aromatic heterocycles. The molecule has 8 aromatic rings. The van der Waals surface area contributed by atoms with E-state index in [1.54, 1.807) is 53.7 Å². The van der Waals surface area contributed by atoms with Crippen LogP contribution in [-0.2, 0) is 0 Å². The van der Waals surface area contributed by atoms with Gasteiger partial charge in [0.1, 0.15) is 11.0 Å². The molecule has 2 aliphatic heterocycles. The molecular weight excluding hydrogens is 805 g/mol. The summed E-state index contributed by atoms with van der Waals surface area (Å²) in [7, 11) is 0. The van der Waals surface area contributed by atoms with Gasteiger partial charge < -0.3 is 9.13 Å². The summed E-state index contributed by atoms with van der Waals surface area (Å²) in [6.45, 7) is 8.51. The van der Waals surface area contributed by atoms with Crippen molar-refractivity contribution in [2.24, 2.45) is 0 Å². The summed E-state index contributed by atoms with van der Waals surface area (Å²) in [5.41, 5.74) is 8.88. The largest absolute Gasteiger partial charge is 0.312 e. The van der Waals surface area contributed by atoms with Gasteiger partial charge in [-0.3, -0.25) is 19.4 Å². The molecule has 16 nitrogen and oxygen atoms in total. The lowest BCUT2D eigenvalue weighted by Crippen LogP contribution is -2.34. The Morgan fingerprint density at radius 1 is 0.578 bits per heavy atom. The molecule has 2 fully saturated rings. The summed E-state index contributed by atoms with van der Waals surface area (Å²) in [5.74, 6) is 1.32. The Hall–Kier alpha value is -7.66. The first-order chi connectivity index (χ1) is 31.3. The fourth-order valence-corrected chi connectivity index (χ4v) is 8.95. The van der Waals surface area contributed by atoms with Crippen LogP contribution >= 0.6 is 0 Å². The van der Waals surface area contributed by atoms with Crippen molar-refractivity contribution in [3.63, 3.8) is 0 Å². The number of benzene rings is 2. The van der Waals surface area contributed by atoms with Gasteiger partial charge in [-0.1, -0.05) is 18.1 Å². The Morgan fingerprint density at radius 2 is 1.03 bits per heavy atom. The maximum Gasteiger partial charge on any atom is 0.180 e. The van der Waals surface area contributed by atoms with Crippen molar-refractivity contribution in [2.45, 2.75) is 52.4 Å². The van der Waals surface area contributed by atoms with Crippen LogP contribution < -0.4 is 0 Å². The predicted octanol–water partition coefficient (Wildman–Crippen LogP) is 6.91. The van der Waals surface area contributed by atoms with Crippen molar-refractivity contribution in [2.75, 3.05) is 39.3 Å². The van der Waals surface area contributed by atoms with E-state index in [2.05, 4.69) is 42.4 Å². The SMILES string of the molecule is Cc1c(C(=O)CN2CCCCC2)c2nc(-n3ccnn3)ccc2n1-c1ccc(C#N)cc1.Cc1c(C(=O)CN2CCCCC2)c2nc(-n3nccn3)ccc2n1-c1ccc(C#N)cc1. The van der Waals surface area contributed by atoms with Crippen LogP contribution in [0.15, 0.2) is 97.6 Å². The molecule has 10 rings (SSSR count). The van der Waals surface area contributed by atoms with Crippen molar-refractivity contribution in [3.8, 4) is 35.1 Å². The number of hydrogen-bond acceptors (Lipinski definition) is 12. The van der Waals surface area contributed by atoms with E-state index in [1.165, 1.54) is 17.6 Å². The van der Waals surface area contributed by atoms with Gasteiger partial charge in [0.2, 0.25) is 0 Å². The summed E-state index contributed by atoms with van der Waals surface area (Å²) in [5, 5.41) is 34.6. The van der Waals surface area contributed by atoms with Crippen molar-refractivity contribution in [1.82, 2.24) is 58.9 Å². The van der Waals surface area contributed by atoms with Gasteiger partial charge in [0.25, 0.3) is 0 Å². The van der Waals surface area contributed by atoms with Crippen LogP contribution in [0.1, 0.15) is 81.8 Å². The number of likely N-dealkylation sites (tertiary alicyclic amines) is 2. The zero-order valence-corrected chi connectivity index (χ0v) is 35.8. The normalized spacial score (nSPS) is 14.5. The van der Waals surface area contributed by atoms with Gasteiger partial charge in [0.15, 0.2) is 23.2 Å². The lowest BCUT2D eigenvalue weighted by molar-refractivity contribution is 0.0908. The second kappa shape index (κ2) is 18.4. The van der Waals surface area contributed by atoms with Gasteiger partial charge in [0.05, 0.1) is 83.3 Å². The fourth-order valence-electron chi connectivity index (χ4n) is 8.95. The Balaban J connectivity index is 0.000000162. The van der Waals surface area contributed by atoms with E-state index < -0.39 is 0 Å². The first-order valence-corrected chi connectivity index (χ1v) is 21.6. The topological polar surface area (TPSA) is 185 Å². The molecule has 2 aliphatic rings. The molecule has 64 heavy (non-hydrogen) atoms. The highest BCUT2D eigenvalue weighted by molar-refractivity contribution is 6.10. The average Bonchev–Trinajstić information content (AvgIpc) is 4.16. The van der Waals surface area contributed by atoms with E-state index in [-0.39, 0.29) is 11.6 Å². The lowest BCUT2D eigenvalue weighted by atomic mass is 10.1. The molecule has 0 saturated carbocycles. The third kappa shape index (κ3) is 8.32. The van der Waals surface area contributed by atoms with Gasteiger partial charge >= 0.3 is 0 Å². The second-order valence-corrected chi connectivity index (χ2v) is 16.2. The van der Waals surface area contributed by atoms with E-state index in [0.29, 0.717) is 58.0 Å². The number of fused-ring (bicyclic) bond motifs is 2. The molecule has 0 N–H and O–H groups in total. The number of carbonyl (C=O) groups is 2.